The number of esters is 7. The zero-order chi connectivity index (χ0) is 75.2. The van der Waals surface area contributed by atoms with Gasteiger partial charge >= 0.3 is 41.8 Å². The van der Waals surface area contributed by atoms with E-state index in [1.807, 2.05) is 7.11 Å². The minimum atomic E-state index is -0.487. The zero-order valence-electron chi connectivity index (χ0n) is 65.5. The third-order valence-corrected chi connectivity index (χ3v) is 30.3. The first-order valence-electron chi connectivity index (χ1n) is 42.3. The molecule has 12 bridgehead atoms. The van der Waals surface area contributed by atoms with Gasteiger partial charge in [0.15, 0.2) is 0 Å². The maximum Gasteiger partial charge on any atom is 0.333 e. The van der Waals surface area contributed by atoms with Gasteiger partial charge in [-0.05, 0) is 310 Å². The molecule has 18 aliphatic carbocycles. The van der Waals surface area contributed by atoms with Crippen LogP contribution in [0.3, 0.4) is 0 Å². The van der Waals surface area contributed by atoms with Crippen LogP contribution >= 0.6 is 0 Å². The van der Waals surface area contributed by atoms with Gasteiger partial charge in [0, 0.05) is 48.9 Å². The van der Waals surface area contributed by atoms with Gasteiger partial charge in [0.05, 0.1) is 79.3 Å². The molecule has 19 nitrogen and oxygen atoms in total. The van der Waals surface area contributed by atoms with Crippen LogP contribution in [0.15, 0.2) is 48.6 Å². The second-order valence-corrected chi connectivity index (χ2v) is 38.7. The van der Waals surface area contributed by atoms with Crippen LogP contribution in [-0.4, -0.2) is 147 Å². The average molecular weight is 1490 g/mol. The highest BCUT2D eigenvalue weighted by Crippen LogP contribution is 2.69. The van der Waals surface area contributed by atoms with Crippen molar-refractivity contribution in [1.82, 2.24) is 0 Å². The summed E-state index contributed by atoms with van der Waals surface area (Å²) in [6, 6.07) is 0. The molecule has 0 aromatic carbocycles. The minimum absolute atomic E-state index is 0.0122. The lowest BCUT2D eigenvalue weighted by molar-refractivity contribution is -0.232. The minimum Gasteiger partial charge on any atom is -0.469 e. The highest BCUT2D eigenvalue weighted by molar-refractivity contribution is 5.89. The maximum absolute atomic E-state index is 13.2. The molecule has 24 unspecified atom stereocenters. The number of ether oxygens (including phenoxy) is 12. The van der Waals surface area contributed by atoms with Crippen molar-refractivity contribution in [2.24, 2.45) is 100 Å². The molecule has 22 aliphatic rings. The maximum atomic E-state index is 13.2. The summed E-state index contributed by atoms with van der Waals surface area (Å²) in [4.78, 5) is 84.4. The summed E-state index contributed by atoms with van der Waals surface area (Å²) in [6.07, 6.45) is 39.8. The molecule has 592 valence electrons. The van der Waals surface area contributed by atoms with Crippen molar-refractivity contribution in [3.63, 3.8) is 0 Å². The average Bonchev–Trinajstić information content (AvgIpc) is 1.68. The smallest absolute Gasteiger partial charge is 0.333 e. The highest BCUT2D eigenvalue weighted by Gasteiger charge is 2.70. The summed E-state index contributed by atoms with van der Waals surface area (Å²) < 4.78 is 67.3. The molecule has 19 heteroatoms. The number of carbonyl (C=O) groups excluding carboxylic acids is 7. The van der Waals surface area contributed by atoms with Gasteiger partial charge in [0.1, 0.15) is 29.0 Å². The molecular weight excluding hydrogens is 1360 g/mol. The molecule has 4 aliphatic heterocycles. The Morgan fingerprint density at radius 2 is 0.953 bits per heavy atom. The van der Waals surface area contributed by atoms with Crippen LogP contribution in [0.4, 0.5) is 0 Å². The molecule has 4 saturated heterocycles. The Hall–Kier alpha value is -4.95. The Morgan fingerprint density at radius 1 is 0.449 bits per heavy atom. The molecule has 22 rings (SSSR count). The van der Waals surface area contributed by atoms with E-state index >= 15 is 0 Å². The summed E-state index contributed by atoms with van der Waals surface area (Å²) in [7, 11) is 3.36. The van der Waals surface area contributed by atoms with E-state index in [9.17, 15) is 33.6 Å². The number of hydrogen-bond acceptors (Lipinski definition) is 19. The van der Waals surface area contributed by atoms with Crippen molar-refractivity contribution in [3.8, 4) is 0 Å². The summed E-state index contributed by atoms with van der Waals surface area (Å²) in [5.41, 5.74) is 0.0320. The second-order valence-electron chi connectivity index (χ2n) is 38.7. The van der Waals surface area contributed by atoms with Crippen LogP contribution in [-0.2, 0) is 90.4 Å². The van der Waals surface area contributed by atoms with Crippen molar-refractivity contribution in [3.05, 3.63) is 48.6 Å². The number of rotatable bonds is 16. The first-order valence-corrected chi connectivity index (χ1v) is 42.3. The van der Waals surface area contributed by atoms with Gasteiger partial charge in [-0.2, -0.15) is 0 Å². The van der Waals surface area contributed by atoms with Crippen LogP contribution in [0.1, 0.15) is 253 Å². The predicted molar refractivity (Wildman–Crippen MR) is 395 cm³/mol. The first kappa shape index (κ1) is 77.4. The van der Waals surface area contributed by atoms with Crippen molar-refractivity contribution < 1.29 is 90.4 Å². The fourth-order valence-electron chi connectivity index (χ4n) is 26.1. The van der Waals surface area contributed by atoms with Crippen LogP contribution in [0.5, 0.6) is 0 Å². The summed E-state index contributed by atoms with van der Waals surface area (Å²) >= 11 is 0. The van der Waals surface area contributed by atoms with Crippen molar-refractivity contribution in [2.75, 3.05) is 27.4 Å². The molecule has 4 heterocycles. The lowest BCUT2D eigenvalue weighted by atomic mass is 9.48. The van der Waals surface area contributed by atoms with E-state index in [1.165, 1.54) is 84.2 Å². The molecule has 107 heavy (non-hydrogen) atoms. The van der Waals surface area contributed by atoms with Crippen LogP contribution in [0, 0.1) is 100 Å². The van der Waals surface area contributed by atoms with Crippen molar-refractivity contribution in [2.45, 2.75) is 330 Å². The van der Waals surface area contributed by atoms with Gasteiger partial charge in [0.2, 0.25) is 0 Å². The highest BCUT2D eigenvalue weighted by atomic mass is 16.6. The molecule has 0 aromatic rings. The molecule has 18 saturated carbocycles. The van der Waals surface area contributed by atoms with Gasteiger partial charge in [-0.3, -0.25) is 14.4 Å². The Bertz CT molecular complexity index is 3340. The Morgan fingerprint density at radius 3 is 1.47 bits per heavy atom. The molecule has 0 aromatic heterocycles. The van der Waals surface area contributed by atoms with Crippen molar-refractivity contribution in [1.29, 1.82) is 0 Å². The summed E-state index contributed by atoms with van der Waals surface area (Å²) in [6.45, 7) is 24.9. The van der Waals surface area contributed by atoms with E-state index in [-0.39, 0.29) is 77.5 Å². The number of epoxide rings is 4. The van der Waals surface area contributed by atoms with E-state index < -0.39 is 22.2 Å². The molecule has 0 radical (unpaired) electrons. The van der Waals surface area contributed by atoms with Gasteiger partial charge < -0.3 is 56.8 Å². The molecule has 0 amide bonds. The third-order valence-electron chi connectivity index (χ3n) is 30.3. The predicted octanol–water partition coefficient (Wildman–Crippen LogP) is 15.0. The summed E-state index contributed by atoms with van der Waals surface area (Å²) in [5.74, 6) is 9.07. The molecule has 22 fully saturated rings. The number of carbonyl (C=O) groups is 7. The van der Waals surface area contributed by atoms with E-state index in [0.29, 0.717) is 114 Å². The van der Waals surface area contributed by atoms with E-state index in [2.05, 4.69) is 33.2 Å². The zero-order valence-corrected chi connectivity index (χ0v) is 65.5. The lowest BCUT2D eigenvalue weighted by Crippen LogP contribution is -2.62. The topological polar surface area (TPSA) is 243 Å². The fraction of sp³-hybridized carbons (Fsp3) is 0.830. The van der Waals surface area contributed by atoms with Gasteiger partial charge in [0.25, 0.3) is 0 Å². The number of fused-ring (bicyclic) bond motifs is 16. The number of hydrogen-bond donors (Lipinski definition) is 0. The SMILES string of the molecule is C=C(C)C(=O)OC12CC3CC(C1)CC(C(=O)OCC1CCC4OC4C1)(C3)C2.C=C(C)C(=O)OC12CC3CC(C1)CC(OC(=O)C1CCC4(C)OC4C1)(C3)C2.C=C(C)C(=O)OC1CCCCC1.C=C(C)C(=O)OC1CCCCC1.COC(=O)C1CC2CC1C1CC3OC3C21.COCC1CC2CC1C1CC3OC3C21. The van der Waals surface area contributed by atoms with E-state index in [4.69, 9.17) is 56.8 Å². The van der Waals surface area contributed by atoms with Gasteiger partial charge in [-0.15, -0.1) is 0 Å². The standard InChI is InChI=1S/2C22H30O5.C12H16O3.C12H18O2.2C10H16O2/c1-13(2)18(23)26-21-8-14-6-15(9-21)11-22(10-14,12-21)27-19(24)16-4-5-20(3)17(7-16)25-20;1-13(2)19(23)27-22-9-15-5-16(10-22)8-21(7-15,12-22)20(24)25-11-14-3-4-17-18(6-14)26-17;1-14-12(13)8-3-5-2-6(8)7-4-9-11(15-9)10(5)7;1-13-5-7-2-6-3-8(7)9-4-10-12(14-10)11(6)9;2*1-8(2)10(11)12-9-6-4-3-5-7-9/h14-17H,1,4-12H2,2-3H3;14-18H,1,3-12H2,2H3;5-11H,2-4H2,1H3;6-12H,2-5H2,1H3;2*9H,1,3-7H2,2H3. The summed E-state index contributed by atoms with van der Waals surface area (Å²) in [5, 5.41) is 0. The Balaban J connectivity index is 0.000000106. The number of methoxy groups -OCH3 is 2. The van der Waals surface area contributed by atoms with Crippen LogP contribution in [0.2, 0.25) is 0 Å². The van der Waals surface area contributed by atoms with Crippen molar-refractivity contribution >= 4 is 41.8 Å². The first-order chi connectivity index (χ1) is 51.1. The van der Waals surface area contributed by atoms with Crippen LogP contribution < -0.4 is 0 Å². The van der Waals surface area contributed by atoms with E-state index in [0.717, 1.165) is 182 Å². The fourth-order valence-corrected chi connectivity index (χ4v) is 26.1. The Labute approximate surface area is 635 Å². The van der Waals surface area contributed by atoms with Crippen LogP contribution in [0.25, 0.3) is 0 Å². The molecule has 24 atom stereocenters. The third kappa shape index (κ3) is 16.6. The Kier molecular flexibility index (Phi) is 22.3. The molecule has 0 spiro atoms. The molecular formula is C88H126O19. The van der Waals surface area contributed by atoms with Gasteiger partial charge in [-0.25, -0.2) is 19.2 Å². The monoisotopic (exact) mass is 1490 g/mol. The quantitative estimate of drug-likeness (QED) is 0.0603. The van der Waals surface area contributed by atoms with E-state index in [1.54, 1.807) is 27.7 Å². The van der Waals surface area contributed by atoms with Gasteiger partial charge in [-0.1, -0.05) is 39.2 Å². The normalized spacial score (nSPS) is 44.8. The second kappa shape index (κ2) is 30.9. The largest absolute Gasteiger partial charge is 0.469 e. The lowest BCUT2D eigenvalue weighted by Gasteiger charge is -2.60. The molecule has 0 N–H and O–H groups in total.